The first-order chi connectivity index (χ1) is 8.20. The molecule has 0 radical (unpaired) electrons. The smallest absolute Gasteiger partial charge is 0.0440 e. The van der Waals surface area contributed by atoms with Gasteiger partial charge in [-0.2, -0.15) is 0 Å². The Labute approximate surface area is 110 Å². The molecule has 0 aromatic heterocycles. The standard InChI is InChI=1S/C15H22ClN/c1-3-17-15(13-6-7-13)9-8-12-5-4-11(2)10-14(12)16/h4-5,10,13,15,17H,3,6-9H2,1-2H3. The van der Waals surface area contributed by atoms with E-state index >= 15 is 0 Å². The molecule has 0 aliphatic heterocycles. The third-order valence-electron chi connectivity index (χ3n) is 3.59. The minimum Gasteiger partial charge on any atom is -0.314 e. The Morgan fingerprint density at radius 2 is 2.18 bits per heavy atom. The Balaban J connectivity index is 1.91. The largest absolute Gasteiger partial charge is 0.314 e. The van der Waals surface area contributed by atoms with Crippen molar-refractivity contribution in [2.75, 3.05) is 6.54 Å². The van der Waals surface area contributed by atoms with Gasteiger partial charge < -0.3 is 5.32 Å². The third-order valence-corrected chi connectivity index (χ3v) is 3.94. The molecule has 1 saturated carbocycles. The van der Waals surface area contributed by atoms with Crippen molar-refractivity contribution in [3.05, 3.63) is 34.3 Å². The lowest BCUT2D eigenvalue weighted by Crippen LogP contribution is -2.31. The molecule has 0 heterocycles. The van der Waals surface area contributed by atoms with Crippen LogP contribution in [0.15, 0.2) is 18.2 Å². The van der Waals surface area contributed by atoms with E-state index < -0.39 is 0 Å². The Morgan fingerprint density at radius 1 is 1.41 bits per heavy atom. The van der Waals surface area contributed by atoms with Crippen molar-refractivity contribution in [1.82, 2.24) is 5.32 Å². The summed E-state index contributed by atoms with van der Waals surface area (Å²) in [6, 6.07) is 7.09. The van der Waals surface area contributed by atoms with Crippen molar-refractivity contribution < 1.29 is 0 Å². The van der Waals surface area contributed by atoms with Gasteiger partial charge in [-0.05, 0) is 62.3 Å². The maximum absolute atomic E-state index is 6.26. The van der Waals surface area contributed by atoms with Crippen LogP contribution in [0.3, 0.4) is 0 Å². The molecule has 0 saturated heterocycles. The fraction of sp³-hybridized carbons (Fsp3) is 0.600. The van der Waals surface area contributed by atoms with Gasteiger partial charge in [-0.15, -0.1) is 0 Å². The van der Waals surface area contributed by atoms with E-state index in [-0.39, 0.29) is 0 Å². The molecule has 1 unspecified atom stereocenters. The molecular weight excluding hydrogens is 230 g/mol. The summed E-state index contributed by atoms with van der Waals surface area (Å²) in [5.74, 6) is 0.916. The van der Waals surface area contributed by atoms with E-state index in [1.807, 2.05) is 0 Å². The highest BCUT2D eigenvalue weighted by atomic mass is 35.5. The van der Waals surface area contributed by atoms with Crippen molar-refractivity contribution in [2.45, 2.75) is 45.6 Å². The van der Waals surface area contributed by atoms with Gasteiger partial charge in [0.25, 0.3) is 0 Å². The SMILES string of the molecule is CCNC(CCc1ccc(C)cc1Cl)C1CC1. The molecule has 94 valence electrons. The fourth-order valence-electron chi connectivity index (χ4n) is 2.43. The van der Waals surface area contributed by atoms with E-state index in [1.165, 1.54) is 30.4 Å². The van der Waals surface area contributed by atoms with Crippen LogP contribution in [0.25, 0.3) is 0 Å². The highest BCUT2D eigenvalue weighted by Crippen LogP contribution is 2.34. The van der Waals surface area contributed by atoms with E-state index in [0.717, 1.165) is 23.9 Å². The second-order valence-corrected chi connectivity index (χ2v) is 5.54. The molecule has 1 atom stereocenters. The van der Waals surface area contributed by atoms with Crippen molar-refractivity contribution in [1.29, 1.82) is 0 Å². The lowest BCUT2D eigenvalue weighted by atomic mass is 10.0. The van der Waals surface area contributed by atoms with Gasteiger partial charge in [-0.3, -0.25) is 0 Å². The minimum atomic E-state index is 0.692. The Morgan fingerprint density at radius 3 is 2.76 bits per heavy atom. The topological polar surface area (TPSA) is 12.0 Å². The van der Waals surface area contributed by atoms with Crippen LogP contribution in [0.2, 0.25) is 5.02 Å². The summed E-state index contributed by atoms with van der Waals surface area (Å²) in [6.07, 6.45) is 5.10. The second kappa shape index (κ2) is 5.88. The quantitative estimate of drug-likeness (QED) is 0.807. The van der Waals surface area contributed by atoms with Crippen LogP contribution in [0.1, 0.15) is 37.3 Å². The Hall–Kier alpha value is -0.530. The molecule has 1 fully saturated rings. The van der Waals surface area contributed by atoms with Crippen LogP contribution in [-0.2, 0) is 6.42 Å². The van der Waals surface area contributed by atoms with E-state index in [2.05, 4.69) is 37.4 Å². The lowest BCUT2D eigenvalue weighted by molar-refractivity contribution is 0.446. The summed E-state index contributed by atoms with van der Waals surface area (Å²) in [5.41, 5.74) is 2.53. The highest BCUT2D eigenvalue weighted by molar-refractivity contribution is 6.31. The zero-order valence-electron chi connectivity index (χ0n) is 10.8. The summed E-state index contributed by atoms with van der Waals surface area (Å²) < 4.78 is 0. The molecule has 1 aromatic carbocycles. The zero-order chi connectivity index (χ0) is 12.3. The predicted molar refractivity (Wildman–Crippen MR) is 74.7 cm³/mol. The first-order valence-corrected chi connectivity index (χ1v) is 7.07. The number of hydrogen-bond acceptors (Lipinski definition) is 1. The maximum atomic E-state index is 6.26. The van der Waals surface area contributed by atoms with E-state index in [1.54, 1.807) is 0 Å². The van der Waals surface area contributed by atoms with Crippen molar-refractivity contribution in [2.24, 2.45) is 5.92 Å². The molecular formula is C15H22ClN. The molecule has 2 heteroatoms. The molecule has 0 spiro atoms. The normalized spacial score (nSPS) is 17.1. The molecule has 0 bridgehead atoms. The van der Waals surface area contributed by atoms with E-state index in [9.17, 15) is 0 Å². The van der Waals surface area contributed by atoms with Crippen molar-refractivity contribution in [3.63, 3.8) is 0 Å². The van der Waals surface area contributed by atoms with Gasteiger partial charge in [0, 0.05) is 11.1 Å². The Kier molecular flexibility index (Phi) is 4.47. The van der Waals surface area contributed by atoms with E-state index in [0.29, 0.717) is 6.04 Å². The Bertz CT molecular complexity index is 371. The van der Waals surface area contributed by atoms with Gasteiger partial charge in [0.15, 0.2) is 0 Å². The summed E-state index contributed by atoms with van der Waals surface area (Å²) in [7, 11) is 0. The van der Waals surface area contributed by atoms with Crippen LogP contribution in [0.4, 0.5) is 0 Å². The van der Waals surface area contributed by atoms with Crippen LogP contribution in [-0.4, -0.2) is 12.6 Å². The second-order valence-electron chi connectivity index (χ2n) is 5.14. The van der Waals surface area contributed by atoms with Crippen molar-refractivity contribution in [3.8, 4) is 0 Å². The van der Waals surface area contributed by atoms with Gasteiger partial charge in [-0.25, -0.2) is 0 Å². The fourth-order valence-corrected chi connectivity index (χ4v) is 2.76. The molecule has 1 N–H and O–H groups in total. The number of nitrogens with one attached hydrogen (secondary N) is 1. The van der Waals surface area contributed by atoms with Gasteiger partial charge >= 0.3 is 0 Å². The molecule has 0 amide bonds. The van der Waals surface area contributed by atoms with Crippen molar-refractivity contribution >= 4 is 11.6 Å². The summed E-state index contributed by atoms with van der Waals surface area (Å²) >= 11 is 6.26. The predicted octanol–water partition coefficient (Wildman–Crippen LogP) is 3.97. The highest BCUT2D eigenvalue weighted by Gasteiger charge is 2.30. The number of hydrogen-bond donors (Lipinski definition) is 1. The van der Waals surface area contributed by atoms with Crippen LogP contribution >= 0.6 is 11.6 Å². The number of rotatable bonds is 6. The summed E-state index contributed by atoms with van der Waals surface area (Å²) in [4.78, 5) is 0. The first-order valence-electron chi connectivity index (χ1n) is 6.69. The van der Waals surface area contributed by atoms with Crippen LogP contribution in [0, 0.1) is 12.8 Å². The first kappa shape index (κ1) is 12.9. The molecule has 1 aromatic rings. The zero-order valence-corrected chi connectivity index (χ0v) is 11.6. The number of halogens is 1. The lowest BCUT2D eigenvalue weighted by Gasteiger charge is -2.17. The monoisotopic (exact) mass is 251 g/mol. The average molecular weight is 252 g/mol. The third kappa shape index (κ3) is 3.72. The van der Waals surface area contributed by atoms with Crippen LogP contribution in [0.5, 0.6) is 0 Å². The maximum Gasteiger partial charge on any atom is 0.0440 e. The van der Waals surface area contributed by atoms with Gasteiger partial charge in [0.1, 0.15) is 0 Å². The van der Waals surface area contributed by atoms with Crippen LogP contribution < -0.4 is 5.32 Å². The molecule has 1 aliphatic carbocycles. The molecule has 1 aliphatic rings. The summed E-state index contributed by atoms with van der Waals surface area (Å²) in [5, 5.41) is 4.53. The van der Waals surface area contributed by atoms with Gasteiger partial charge in [-0.1, -0.05) is 30.7 Å². The molecule has 17 heavy (non-hydrogen) atoms. The van der Waals surface area contributed by atoms with Gasteiger partial charge in [0.05, 0.1) is 0 Å². The minimum absolute atomic E-state index is 0.692. The van der Waals surface area contributed by atoms with E-state index in [4.69, 9.17) is 11.6 Å². The molecule has 1 nitrogen and oxygen atoms in total. The number of benzene rings is 1. The summed E-state index contributed by atoms with van der Waals surface area (Å²) in [6.45, 7) is 5.35. The average Bonchev–Trinajstić information content (AvgIpc) is 3.10. The molecule has 2 rings (SSSR count). The van der Waals surface area contributed by atoms with Gasteiger partial charge in [0.2, 0.25) is 0 Å². The number of aryl methyl sites for hydroxylation is 2.